The first-order valence-electron chi connectivity index (χ1n) is 13.2. The van der Waals surface area contributed by atoms with Gasteiger partial charge in [-0.2, -0.15) is 0 Å². The Morgan fingerprint density at radius 1 is 1.08 bits per heavy atom. The number of aromatic amines is 1. The van der Waals surface area contributed by atoms with Crippen LogP contribution in [0.25, 0.3) is 11.1 Å². The summed E-state index contributed by atoms with van der Waals surface area (Å²) in [7, 11) is 0. The number of amides is 1. The molecule has 2 aromatic carbocycles. The highest BCUT2D eigenvalue weighted by Crippen LogP contribution is 2.46. The third-order valence-electron chi connectivity index (χ3n) is 8.07. The molecule has 0 radical (unpaired) electrons. The number of fused-ring (bicyclic) bond motifs is 1. The van der Waals surface area contributed by atoms with Gasteiger partial charge in [-0.25, -0.2) is 13.6 Å². The molecule has 2 aliphatic heterocycles. The molecular weight excluding hydrogens is 492 g/mol. The zero-order valence-corrected chi connectivity index (χ0v) is 20.7. The van der Waals surface area contributed by atoms with Crippen LogP contribution in [0, 0.1) is 5.92 Å². The summed E-state index contributed by atoms with van der Waals surface area (Å²) in [6.07, 6.45) is 2.23. The van der Waals surface area contributed by atoms with Crippen molar-refractivity contribution in [2.45, 2.75) is 56.6 Å². The quantitative estimate of drug-likeness (QED) is 0.487. The van der Waals surface area contributed by atoms with Crippen LogP contribution in [-0.4, -0.2) is 46.6 Å². The predicted octanol–water partition coefficient (Wildman–Crippen LogP) is 5.17. The van der Waals surface area contributed by atoms with Gasteiger partial charge in [0.1, 0.15) is 5.75 Å². The number of hydrogen-bond acceptors (Lipinski definition) is 5. The van der Waals surface area contributed by atoms with Crippen LogP contribution in [0.15, 0.2) is 67.8 Å². The molecule has 4 aliphatic rings. The van der Waals surface area contributed by atoms with Crippen LogP contribution in [0.3, 0.4) is 0 Å². The molecule has 3 aromatic rings. The summed E-state index contributed by atoms with van der Waals surface area (Å²) in [6, 6.07) is 12.7. The van der Waals surface area contributed by atoms with Crippen LogP contribution < -0.4 is 10.5 Å². The zero-order valence-electron chi connectivity index (χ0n) is 20.7. The normalized spacial score (nSPS) is 23.3. The molecule has 0 saturated heterocycles. The van der Waals surface area contributed by atoms with E-state index < -0.39 is 11.7 Å². The second kappa shape index (κ2) is 8.64. The van der Waals surface area contributed by atoms with E-state index in [0.717, 1.165) is 24.0 Å². The van der Waals surface area contributed by atoms with Crippen molar-refractivity contribution in [1.82, 2.24) is 9.88 Å². The maximum atomic E-state index is 13.7. The molecule has 0 spiro atoms. The van der Waals surface area contributed by atoms with E-state index >= 15 is 0 Å². The molecule has 2 saturated carbocycles. The first-order valence-corrected chi connectivity index (χ1v) is 13.2. The number of aromatic nitrogens is 1. The van der Waals surface area contributed by atoms with E-state index in [1.54, 1.807) is 6.07 Å². The van der Waals surface area contributed by atoms with Crippen molar-refractivity contribution in [3.8, 4) is 5.75 Å². The number of para-hydroxylation sites is 1. The number of H-pyrrole nitrogens is 1. The van der Waals surface area contributed by atoms with E-state index in [0.29, 0.717) is 59.0 Å². The van der Waals surface area contributed by atoms with Gasteiger partial charge in [0.05, 0.1) is 29.9 Å². The molecule has 1 aromatic heterocycles. The first kappa shape index (κ1) is 23.4. The van der Waals surface area contributed by atoms with E-state index in [1.807, 2.05) is 41.3 Å². The Hall–Kier alpha value is -3.75. The number of aliphatic imine (C=N–C) groups is 1. The fourth-order valence-electron chi connectivity index (χ4n) is 5.98. The average Bonchev–Trinajstić information content (AvgIpc) is 3.37. The average molecular weight is 520 g/mol. The second-order valence-electron chi connectivity index (χ2n) is 10.8. The smallest absolute Gasteiger partial charge is 0.417 e. The molecule has 3 heterocycles. The Kier molecular flexibility index (Phi) is 5.32. The number of nitrogens with one attached hydrogen (secondary N) is 1. The standard InChI is InChI=1S/C29H27F2N3O4/c30-29(31)11-9-18(10-12-29)37-19-4-1-3-17(13-19)25-23-21(27(35)34(25)15-16-7-8-16)14-32-24(23)20-5-2-6-22-26(20)38-28(36)33-22/h1-6,13,16,18,25H,7-12,14-15H2,(H,33,36). The number of alkyl halides is 2. The largest absolute Gasteiger partial charge is 0.490 e. The van der Waals surface area contributed by atoms with Gasteiger partial charge in [0.2, 0.25) is 5.92 Å². The SMILES string of the molecule is O=C1C2=C(C(c3cccc4[nH]c(=O)oc34)=NC2)C(c2cccc(OC3CCC(F)(F)CC3)c2)N1CC1CC1. The Morgan fingerprint density at radius 3 is 2.66 bits per heavy atom. The minimum absolute atomic E-state index is 0.0146. The van der Waals surface area contributed by atoms with Gasteiger partial charge in [-0.05, 0) is 61.4 Å². The van der Waals surface area contributed by atoms with Crippen molar-refractivity contribution < 1.29 is 22.7 Å². The van der Waals surface area contributed by atoms with Gasteiger partial charge in [0.25, 0.3) is 5.91 Å². The second-order valence-corrected chi connectivity index (χ2v) is 10.8. The fraction of sp³-hybridized carbons (Fsp3) is 0.414. The highest BCUT2D eigenvalue weighted by Gasteiger charge is 2.46. The highest BCUT2D eigenvalue weighted by molar-refractivity contribution is 6.25. The minimum atomic E-state index is -2.61. The van der Waals surface area contributed by atoms with Crippen molar-refractivity contribution in [1.29, 1.82) is 0 Å². The zero-order chi connectivity index (χ0) is 26.0. The molecule has 1 amide bonds. The lowest BCUT2D eigenvalue weighted by Gasteiger charge is -2.30. The Balaban J connectivity index is 1.25. The Morgan fingerprint density at radius 2 is 1.87 bits per heavy atom. The van der Waals surface area contributed by atoms with Crippen molar-refractivity contribution in [2.75, 3.05) is 13.1 Å². The van der Waals surface area contributed by atoms with Crippen LogP contribution in [0.4, 0.5) is 8.78 Å². The topological polar surface area (TPSA) is 87.9 Å². The Labute approximate surface area is 217 Å². The van der Waals surface area contributed by atoms with Gasteiger partial charge in [0.15, 0.2) is 5.58 Å². The summed E-state index contributed by atoms with van der Waals surface area (Å²) in [6.45, 7) is 0.939. The number of hydrogen-bond donors (Lipinski definition) is 1. The van der Waals surface area contributed by atoms with Crippen LogP contribution in [0.1, 0.15) is 55.7 Å². The Bertz CT molecular complexity index is 1550. The third kappa shape index (κ3) is 4.04. The van der Waals surface area contributed by atoms with E-state index in [9.17, 15) is 18.4 Å². The molecule has 9 heteroatoms. The van der Waals surface area contributed by atoms with E-state index in [4.69, 9.17) is 14.1 Å². The van der Waals surface area contributed by atoms with Crippen LogP contribution >= 0.6 is 0 Å². The lowest BCUT2D eigenvalue weighted by molar-refractivity contribution is -0.127. The number of ether oxygens (including phenoxy) is 1. The maximum Gasteiger partial charge on any atom is 0.417 e. The highest BCUT2D eigenvalue weighted by atomic mass is 19.3. The minimum Gasteiger partial charge on any atom is -0.490 e. The molecule has 196 valence electrons. The fourth-order valence-corrected chi connectivity index (χ4v) is 5.98. The lowest BCUT2D eigenvalue weighted by Crippen LogP contribution is -2.34. The van der Waals surface area contributed by atoms with E-state index in [-0.39, 0.29) is 37.4 Å². The van der Waals surface area contributed by atoms with Gasteiger partial charge in [-0.3, -0.25) is 14.8 Å². The van der Waals surface area contributed by atoms with Crippen LogP contribution in [0.2, 0.25) is 0 Å². The number of rotatable bonds is 6. The molecule has 1 atom stereocenters. The molecule has 7 rings (SSSR count). The molecule has 38 heavy (non-hydrogen) atoms. The predicted molar refractivity (Wildman–Crippen MR) is 137 cm³/mol. The number of nitrogens with zero attached hydrogens (tertiary/aromatic N) is 2. The van der Waals surface area contributed by atoms with Crippen molar-refractivity contribution in [3.63, 3.8) is 0 Å². The molecule has 2 fully saturated rings. The van der Waals surface area contributed by atoms with Crippen molar-refractivity contribution >= 4 is 22.7 Å². The molecule has 1 unspecified atom stereocenters. The third-order valence-corrected chi connectivity index (χ3v) is 8.07. The van der Waals surface area contributed by atoms with Crippen LogP contribution in [-0.2, 0) is 4.79 Å². The molecule has 7 nitrogen and oxygen atoms in total. The summed E-state index contributed by atoms with van der Waals surface area (Å²) in [5, 5.41) is 0. The summed E-state index contributed by atoms with van der Waals surface area (Å²) in [5.74, 6) is -2.08. The van der Waals surface area contributed by atoms with Crippen molar-refractivity contribution in [3.05, 3.63) is 75.3 Å². The lowest BCUT2D eigenvalue weighted by atomic mass is 9.91. The summed E-state index contributed by atoms with van der Waals surface area (Å²) >= 11 is 0. The molecular formula is C29H27F2N3O4. The number of halogens is 2. The van der Waals surface area contributed by atoms with Gasteiger partial charge in [-0.15, -0.1) is 0 Å². The molecule has 1 N–H and O–H groups in total. The first-order chi connectivity index (χ1) is 18.4. The monoisotopic (exact) mass is 519 g/mol. The number of benzene rings is 2. The van der Waals surface area contributed by atoms with Gasteiger partial charge in [0, 0.05) is 36.1 Å². The van der Waals surface area contributed by atoms with Gasteiger partial charge in [-0.1, -0.05) is 18.2 Å². The van der Waals surface area contributed by atoms with Gasteiger partial charge < -0.3 is 14.1 Å². The number of carbonyl (C=O) groups excluding carboxylic acids is 1. The summed E-state index contributed by atoms with van der Waals surface area (Å²) in [4.78, 5) is 35.0. The summed E-state index contributed by atoms with van der Waals surface area (Å²) < 4.78 is 38.9. The molecule has 0 bridgehead atoms. The molecule has 2 aliphatic carbocycles. The number of carbonyl (C=O) groups is 1. The van der Waals surface area contributed by atoms with Gasteiger partial charge >= 0.3 is 5.76 Å². The van der Waals surface area contributed by atoms with Crippen LogP contribution in [0.5, 0.6) is 5.75 Å². The van der Waals surface area contributed by atoms with Crippen molar-refractivity contribution in [2.24, 2.45) is 10.9 Å². The van der Waals surface area contributed by atoms with E-state index in [1.165, 1.54) is 0 Å². The maximum absolute atomic E-state index is 13.7. The number of oxazole rings is 1. The van der Waals surface area contributed by atoms with E-state index in [2.05, 4.69) is 4.98 Å². The summed E-state index contributed by atoms with van der Waals surface area (Å²) in [5.41, 5.74) is 4.72.